The number of rotatable bonds is 3. The zero-order valence-corrected chi connectivity index (χ0v) is 9.79. The minimum absolute atomic E-state index is 0.00519. The summed E-state index contributed by atoms with van der Waals surface area (Å²) < 4.78 is 31.7. The minimum atomic E-state index is -0.777. The maximum absolute atomic E-state index is 13.7. The number of benzene rings is 1. The van der Waals surface area contributed by atoms with Gasteiger partial charge in [-0.15, -0.1) is 0 Å². The lowest BCUT2D eigenvalue weighted by molar-refractivity contribution is 0.273. The van der Waals surface area contributed by atoms with Crippen LogP contribution in [0, 0.1) is 11.6 Å². The summed E-state index contributed by atoms with van der Waals surface area (Å²) in [6.07, 6.45) is 1.29. The Hall–Kier alpha value is -1.72. The van der Waals surface area contributed by atoms with Gasteiger partial charge in [-0.2, -0.15) is 0 Å². The molecular formula is C12H8ClF2NO2. The molecule has 0 bridgehead atoms. The third kappa shape index (κ3) is 2.57. The summed E-state index contributed by atoms with van der Waals surface area (Å²) in [5.74, 6) is -1.54. The van der Waals surface area contributed by atoms with Crippen LogP contribution in [0.15, 0.2) is 30.5 Å². The zero-order valence-electron chi connectivity index (χ0n) is 9.03. The lowest BCUT2D eigenvalue weighted by Gasteiger charge is -2.08. The highest BCUT2D eigenvalue weighted by atomic mass is 35.5. The smallest absolute Gasteiger partial charge is 0.256 e. The number of aromatic nitrogens is 1. The Kier molecular flexibility index (Phi) is 3.74. The van der Waals surface area contributed by atoms with Crippen LogP contribution in [0.2, 0.25) is 5.02 Å². The molecule has 18 heavy (non-hydrogen) atoms. The SMILES string of the molecule is OCc1ccnc(Oc2ccc(F)cc2Cl)c1F. The van der Waals surface area contributed by atoms with Gasteiger partial charge in [0, 0.05) is 11.8 Å². The van der Waals surface area contributed by atoms with E-state index in [1.165, 1.54) is 18.3 Å². The van der Waals surface area contributed by atoms with Crippen LogP contribution in [0.25, 0.3) is 0 Å². The van der Waals surface area contributed by atoms with Gasteiger partial charge in [-0.3, -0.25) is 0 Å². The van der Waals surface area contributed by atoms with E-state index in [0.29, 0.717) is 0 Å². The van der Waals surface area contributed by atoms with Crippen molar-refractivity contribution in [1.82, 2.24) is 4.98 Å². The number of pyridine rings is 1. The number of hydrogen-bond donors (Lipinski definition) is 1. The standard InChI is InChI=1S/C12H8ClF2NO2/c13-9-5-8(14)1-2-10(9)18-12-11(15)7(6-17)3-4-16-12/h1-5,17H,6H2. The van der Waals surface area contributed by atoms with E-state index in [4.69, 9.17) is 21.4 Å². The fourth-order valence-electron chi connectivity index (χ4n) is 1.32. The van der Waals surface area contributed by atoms with Gasteiger partial charge in [0.25, 0.3) is 5.88 Å². The molecule has 0 amide bonds. The van der Waals surface area contributed by atoms with Gasteiger partial charge in [0.2, 0.25) is 0 Å². The van der Waals surface area contributed by atoms with E-state index in [0.717, 1.165) is 12.1 Å². The Bertz CT molecular complexity index is 578. The van der Waals surface area contributed by atoms with E-state index in [-0.39, 0.29) is 22.2 Å². The lowest BCUT2D eigenvalue weighted by atomic mass is 10.2. The normalized spacial score (nSPS) is 10.4. The first-order valence-electron chi connectivity index (χ1n) is 4.99. The molecule has 1 N–H and O–H groups in total. The molecule has 0 aliphatic heterocycles. The second-order valence-corrected chi connectivity index (χ2v) is 3.83. The van der Waals surface area contributed by atoms with Crippen LogP contribution in [0.3, 0.4) is 0 Å². The summed E-state index contributed by atoms with van der Waals surface area (Å²) in [6, 6.07) is 4.78. The monoisotopic (exact) mass is 271 g/mol. The summed E-state index contributed by atoms with van der Waals surface area (Å²) >= 11 is 5.74. The Morgan fingerprint density at radius 2 is 2.06 bits per heavy atom. The molecule has 94 valence electrons. The van der Waals surface area contributed by atoms with Crippen molar-refractivity contribution in [3.63, 3.8) is 0 Å². The van der Waals surface area contributed by atoms with Crippen LogP contribution in [0.4, 0.5) is 8.78 Å². The third-order valence-corrected chi connectivity index (χ3v) is 2.50. The molecule has 0 spiro atoms. The average molecular weight is 272 g/mol. The fourth-order valence-corrected chi connectivity index (χ4v) is 1.52. The molecule has 0 radical (unpaired) electrons. The van der Waals surface area contributed by atoms with Crippen molar-refractivity contribution in [3.8, 4) is 11.6 Å². The summed E-state index contributed by atoms with van der Waals surface area (Å²) in [7, 11) is 0. The number of hydrogen-bond acceptors (Lipinski definition) is 3. The number of nitrogens with zero attached hydrogens (tertiary/aromatic N) is 1. The molecular weight excluding hydrogens is 264 g/mol. The van der Waals surface area contributed by atoms with Gasteiger partial charge in [0.1, 0.15) is 11.6 Å². The summed E-state index contributed by atoms with van der Waals surface area (Å²) in [5.41, 5.74) is 0.0539. The minimum Gasteiger partial charge on any atom is -0.435 e. The first-order valence-corrected chi connectivity index (χ1v) is 5.36. The molecule has 2 rings (SSSR count). The van der Waals surface area contributed by atoms with E-state index in [1.54, 1.807) is 0 Å². The molecule has 0 aliphatic rings. The molecule has 0 atom stereocenters. The van der Waals surface area contributed by atoms with Crippen molar-refractivity contribution in [2.45, 2.75) is 6.61 Å². The highest BCUT2D eigenvalue weighted by Crippen LogP contribution is 2.30. The number of aliphatic hydroxyl groups is 1. The largest absolute Gasteiger partial charge is 0.435 e. The first kappa shape index (κ1) is 12.7. The summed E-state index contributed by atoms with van der Waals surface area (Å²) in [5, 5.41) is 8.91. The number of aliphatic hydroxyl groups excluding tert-OH is 1. The molecule has 6 heteroatoms. The Morgan fingerprint density at radius 3 is 2.72 bits per heavy atom. The van der Waals surface area contributed by atoms with Crippen LogP contribution < -0.4 is 4.74 Å². The fraction of sp³-hybridized carbons (Fsp3) is 0.0833. The zero-order chi connectivity index (χ0) is 13.1. The Morgan fingerprint density at radius 1 is 1.28 bits per heavy atom. The van der Waals surface area contributed by atoms with E-state index >= 15 is 0 Å². The summed E-state index contributed by atoms with van der Waals surface area (Å²) in [6.45, 7) is -0.470. The Labute approximate surface area is 107 Å². The van der Waals surface area contributed by atoms with Gasteiger partial charge in [0.15, 0.2) is 5.82 Å². The molecule has 0 saturated carbocycles. The molecule has 0 saturated heterocycles. The Balaban J connectivity index is 2.34. The highest BCUT2D eigenvalue weighted by molar-refractivity contribution is 6.32. The predicted octanol–water partition coefficient (Wildman–Crippen LogP) is 3.30. The molecule has 1 aromatic carbocycles. The quantitative estimate of drug-likeness (QED) is 0.931. The van der Waals surface area contributed by atoms with Gasteiger partial charge in [-0.05, 0) is 24.3 Å². The van der Waals surface area contributed by atoms with Gasteiger partial charge >= 0.3 is 0 Å². The van der Waals surface area contributed by atoms with Crippen molar-refractivity contribution in [2.75, 3.05) is 0 Å². The predicted molar refractivity (Wildman–Crippen MR) is 61.6 cm³/mol. The molecule has 1 aromatic heterocycles. The van der Waals surface area contributed by atoms with Crippen LogP contribution >= 0.6 is 11.6 Å². The lowest BCUT2D eigenvalue weighted by Crippen LogP contribution is -1.97. The van der Waals surface area contributed by atoms with Crippen molar-refractivity contribution in [3.05, 3.63) is 52.7 Å². The second kappa shape index (κ2) is 5.29. The van der Waals surface area contributed by atoms with Gasteiger partial charge in [-0.25, -0.2) is 13.8 Å². The summed E-state index contributed by atoms with van der Waals surface area (Å²) in [4.78, 5) is 3.68. The van der Waals surface area contributed by atoms with Gasteiger partial charge in [-0.1, -0.05) is 11.6 Å². The van der Waals surface area contributed by atoms with E-state index in [9.17, 15) is 8.78 Å². The molecule has 0 aliphatic carbocycles. The maximum atomic E-state index is 13.7. The van der Waals surface area contributed by atoms with Crippen LogP contribution in [0.1, 0.15) is 5.56 Å². The third-order valence-electron chi connectivity index (χ3n) is 2.21. The van der Waals surface area contributed by atoms with Gasteiger partial charge < -0.3 is 9.84 Å². The van der Waals surface area contributed by atoms with Crippen molar-refractivity contribution in [2.24, 2.45) is 0 Å². The first-order chi connectivity index (χ1) is 8.61. The van der Waals surface area contributed by atoms with Crippen molar-refractivity contribution in [1.29, 1.82) is 0 Å². The van der Waals surface area contributed by atoms with E-state index < -0.39 is 18.2 Å². The topological polar surface area (TPSA) is 42.4 Å². The van der Waals surface area contributed by atoms with Crippen LogP contribution in [-0.2, 0) is 6.61 Å². The van der Waals surface area contributed by atoms with Crippen LogP contribution in [0.5, 0.6) is 11.6 Å². The highest BCUT2D eigenvalue weighted by Gasteiger charge is 2.13. The van der Waals surface area contributed by atoms with Crippen LogP contribution in [-0.4, -0.2) is 10.1 Å². The molecule has 0 fully saturated rings. The molecule has 0 unspecified atom stereocenters. The number of halogens is 3. The molecule has 3 nitrogen and oxygen atoms in total. The molecule has 1 heterocycles. The molecule has 2 aromatic rings. The van der Waals surface area contributed by atoms with Crippen molar-refractivity contribution < 1.29 is 18.6 Å². The average Bonchev–Trinajstić information content (AvgIpc) is 2.35. The number of ether oxygens (including phenoxy) is 1. The van der Waals surface area contributed by atoms with Gasteiger partial charge in [0.05, 0.1) is 11.6 Å². The maximum Gasteiger partial charge on any atom is 0.256 e. The van der Waals surface area contributed by atoms with Crippen molar-refractivity contribution >= 4 is 11.6 Å². The van der Waals surface area contributed by atoms with E-state index in [1.807, 2.05) is 0 Å². The van der Waals surface area contributed by atoms with E-state index in [2.05, 4.69) is 4.98 Å². The second-order valence-electron chi connectivity index (χ2n) is 3.42.